The molecule has 134 valence electrons. The third kappa shape index (κ3) is 3.89. The summed E-state index contributed by atoms with van der Waals surface area (Å²) < 4.78 is 14.3. The molecule has 1 heterocycles. The van der Waals surface area contributed by atoms with E-state index in [1.54, 1.807) is 0 Å². The highest BCUT2D eigenvalue weighted by atomic mass is 19.1. The van der Waals surface area contributed by atoms with Gasteiger partial charge in [0.2, 0.25) is 11.9 Å². The highest BCUT2D eigenvalue weighted by Crippen LogP contribution is 2.41. The number of hydrogen-bond acceptors (Lipinski definition) is 5. The Morgan fingerprint density at radius 1 is 1.16 bits per heavy atom. The van der Waals surface area contributed by atoms with E-state index in [2.05, 4.69) is 51.0 Å². The first-order valence-electron chi connectivity index (χ1n) is 8.91. The summed E-state index contributed by atoms with van der Waals surface area (Å²) in [6.07, 6.45) is 3.06. The Balaban J connectivity index is 1.80. The third-order valence-electron chi connectivity index (χ3n) is 4.72. The summed E-state index contributed by atoms with van der Waals surface area (Å²) in [7, 11) is 0. The van der Waals surface area contributed by atoms with E-state index in [9.17, 15) is 4.39 Å². The van der Waals surface area contributed by atoms with Gasteiger partial charge in [0.15, 0.2) is 11.5 Å². The summed E-state index contributed by atoms with van der Waals surface area (Å²) in [6.45, 7) is 5.81. The first-order chi connectivity index (χ1) is 11.9. The Hall–Kier alpha value is -2.24. The van der Waals surface area contributed by atoms with Crippen LogP contribution >= 0.6 is 0 Å². The normalized spacial score (nSPS) is 20.2. The standard InChI is InChI=1S/C19H26FN5/c1-4-10-25(15-11-14(12-15)13-8-6-5-7-9-13)18-23-16(19(2,3)20)22-17(21)24-18/h5-9,14-15H,4,10-12H2,1-3H3,(H2,21,22,23,24). The molecule has 1 aliphatic carbocycles. The maximum absolute atomic E-state index is 14.3. The molecule has 0 bridgehead atoms. The van der Waals surface area contributed by atoms with Gasteiger partial charge in [0.1, 0.15) is 0 Å². The second kappa shape index (κ2) is 6.94. The Bertz CT molecular complexity index is 707. The maximum Gasteiger partial charge on any atom is 0.230 e. The Morgan fingerprint density at radius 2 is 1.84 bits per heavy atom. The molecule has 1 aromatic carbocycles. The molecule has 0 radical (unpaired) electrons. The van der Waals surface area contributed by atoms with Crippen molar-refractivity contribution in [3.8, 4) is 0 Å². The molecule has 0 unspecified atom stereocenters. The van der Waals surface area contributed by atoms with Gasteiger partial charge in [-0.3, -0.25) is 0 Å². The second-order valence-corrected chi connectivity index (χ2v) is 7.22. The number of nitrogen functional groups attached to an aromatic ring is 1. The maximum atomic E-state index is 14.3. The van der Waals surface area contributed by atoms with E-state index < -0.39 is 5.67 Å². The summed E-state index contributed by atoms with van der Waals surface area (Å²) in [6, 6.07) is 10.9. The molecule has 6 heteroatoms. The lowest BCUT2D eigenvalue weighted by Gasteiger charge is -2.43. The van der Waals surface area contributed by atoms with Crippen LogP contribution in [-0.4, -0.2) is 27.5 Å². The van der Waals surface area contributed by atoms with Crippen molar-refractivity contribution >= 4 is 11.9 Å². The van der Waals surface area contributed by atoms with E-state index >= 15 is 0 Å². The molecule has 2 N–H and O–H groups in total. The van der Waals surface area contributed by atoms with Gasteiger partial charge in [-0.05, 0) is 44.6 Å². The Kier molecular flexibility index (Phi) is 4.88. The molecule has 3 rings (SSSR count). The monoisotopic (exact) mass is 343 g/mol. The molecule has 0 spiro atoms. The molecule has 1 aliphatic rings. The number of nitrogens with two attached hydrogens (primary N) is 1. The van der Waals surface area contributed by atoms with Gasteiger partial charge < -0.3 is 10.6 Å². The van der Waals surface area contributed by atoms with Crippen molar-refractivity contribution in [3.63, 3.8) is 0 Å². The van der Waals surface area contributed by atoms with Crippen molar-refractivity contribution in [2.45, 2.75) is 57.7 Å². The number of alkyl halides is 1. The fourth-order valence-electron chi connectivity index (χ4n) is 3.30. The molecular weight excluding hydrogens is 317 g/mol. The minimum atomic E-state index is -1.64. The van der Waals surface area contributed by atoms with Gasteiger partial charge in [-0.1, -0.05) is 37.3 Å². The van der Waals surface area contributed by atoms with Gasteiger partial charge in [-0.15, -0.1) is 0 Å². The van der Waals surface area contributed by atoms with Crippen molar-refractivity contribution in [1.29, 1.82) is 0 Å². The molecule has 2 aromatic rings. The Labute approximate surface area is 148 Å². The summed E-state index contributed by atoms with van der Waals surface area (Å²) >= 11 is 0. The van der Waals surface area contributed by atoms with E-state index in [-0.39, 0.29) is 11.8 Å². The van der Waals surface area contributed by atoms with E-state index in [0.29, 0.717) is 17.9 Å². The lowest BCUT2D eigenvalue weighted by atomic mass is 9.75. The molecular formula is C19H26FN5. The lowest BCUT2D eigenvalue weighted by molar-refractivity contribution is 0.206. The third-order valence-corrected chi connectivity index (χ3v) is 4.72. The van der Waals surface area contributed by atoms with Crippen LogP contribution in [0.4, 0.5) is 16.3 Å². The number of anilines is 2. The van der Waals surface area contributed by atoms with Crippen LogP contribution in [0.2, 0.25) is 0 Å². The fraction of sp³-hybridized carbons (Fsp3) is 0.526. The molecule has 0 saturated heterocycles. The highest BCUT2D eigenvalue weighted by molar-refractivity contribution is 5.39. The van der Waals surface area contributed by atoms with E-state index in [0.717, 1.165) is 25.8 Å². The molecule has 0 aliphatic heterocycles. The minimum absolute atomic E-state index is 0.0748. The van der Waals surface area contributed by atoms with Gasteiger partial charge >= 0.3 is 0 Å². The lowest BCUT2D eigenvalue weighted by Crippen LogP contribution is -2.45. The van der Waals surface area contributed by atoms with E-state index in [1.165, 1.54) is 19.4 Å². The molecule has 25 heavy (non-hydrogen) atoms. The van der Waals surface area contributed by atoms with Crippen molar-refractivity contribution in [1.82, 2.24) is 15.0 Å². The van der Waals surface area contributed by atoms with Gasteiger partial charge in [0.05, 0.1) is 0 Å². The molecule has 5 nitrogen and oxygen atoms in total. The first kappa shape index (κ1) is 17.6. The predicted molar refractivity (Wildman–Crippen MR) is 98.2 cm³/mol. The zero-order valence-electron chi connectivity index (χ0n) is 15.1. The summed E-state index contributed by atoms with van der Waals surface area (Å²) in [5.41, 5.74) is 5.54. The molecule has 0 atom stereocenters. The van der Waals surface area contributed by atoms with Crippen LogP contribution in [0.15, 0.2) is 30.3 Å². The van der Waals surface area contributed by atoms with Gasteiger partial charge in [-0.25, -0.2) is 4.39 Å². The van der Waals surface area contributed by atoms with Crippen molar-refractivity contribution in [3.05, 3.63) is 41.7 Å². The number of nitrogens with zero attached hydrogens (tertiary/aromatic N) is 4. The highest BCUT2D eigenvalue weighted by Gasteiger charge is 2.36. The fourth-order valence-corrected chi connectivity index (χ4v) is 3.30. The molecule has 1 aromatic heterocycles. The average Bonchev–Trinajstić information content (AvgIpc) is 2.52. The summed E-state index contributed by atoms with van der Waals surface area (Å²) in [5, 5.41) is 0. The van der Waals surface area contributed by atoms with Crippen LogP contribution in [0.1, 0.15) is 57.3 Å². The minimum Gasteiger partial charge on any atom is -0.368 e. The number of benzene rings is 1. The summed E-state index contributed by atoms with van der Waals surface area (Å²) in [4.78, 5) is 14.8. The van der Waals surface area contributed by atoms with E-state index in [4.69, 9.17) is 5.73 Å². The number of hydrogen-bond donors (Lipinski definition) is 1. The van der Waals surface area contributed by atoms with Crippen LogP contribution in [0, 0.1) is 0 Å². The molecule has 1 fully saturated rings. The number of halogens is 1. The largest absolute Gasteiger partial charge is 0.368 e. The van der Waals surface area contributed by atoms with Crippen molar-refractivity contribution in [2.75, 3.05) is 17.2 Å². The predicted octanol–water partition coefficient (Wildman–Crippen LogP) is 3.82. The topological polar surface area (TPSA) is 67.9 Å². The zero-order chi connectivity index (χ0) is 18.0. The zero-order valence-corrected chi connectivity index (χ0v) is 15.1. The Morgan fingerprint density at radius 3 is 2.44 bits per heavy atom. The summed E-state index contributed by atoms with van der Waals surface area (Å²) in [5.74, 6) is 1.22. The van der Waals surface area contributed by atoms with Crippen LogP contribution < -0.4 is 10.6 Å². The van der Waals surface area contributed by atoms with Crippen molar-refractivity contribution < 1.29 is 4.39 Å². The molecule has 1 saturated carbocycles. The first-order valence-corrected chi connectivity index (χ1v) is 8.91. The van der Waals surface area contributed by atoms with Crippen molar-refractivity contribution in [2.24, 2.45) is 0 Å². The quantitative estimate of drug-likeness (QED) is 0.863. The van der Waals surface area contributed by atoms with Crippen LogP contribution in [0.5, 0.6) is 0 Å². The number of rotatable bonds is 6. The van der Waals surface area contributed by atoms with Gasteiger partial charge in [0.25, 0.3) is 0 Å². The second-order valence-electron chi connectivity index (χ2n) is 7.22. The number of aromatic nitrogens is 3. The van der Waals surface area contributed by atoms with Gasteiger partial charge in [0, 0.05) is 12.6 Å². The molecule has 0 amide bonds. The van der Waals surface area contributed by atoms with Crippen LogP contribution in [0.3, 0.4) is 0 Å². The van der Waals surface area contributed by atoms with Gasteiger partial charge in [-0.2, -0.15) is 15.0 Å². The van der Waals surface area contributed by atoms with Crippen LogP contribution in [0.25, 0.3) is 0 Å². The SMILES string of the molecule is CCCN(c1nc(N)nc(C(C)(C)F)n1)C1CC(c2ccccc2)C1. The van der Waals surface area contributed by atoms with E-state index in [1.807, 2.05) is 6.07 Å². The smallest absolute Gasteiger partial charge is 0.230 e. The van der Waals surface area contributed by atoms with Crippen LogP contribution in [-0.2, 0) is 5.67 Å². The average molecular weight is 343 g/mol.